The van der Waals surface area contributed by atoms with Crippen LogP contribution in [-0.2, 0) is 4.43 Å². The van der Waals surface area contributed by atoms with Crippen LogP contribution in [0.25, 0.3) is 0 Å². The summed E-state index contributed by atoms with van der Waals surface area (Å²) in [6.07, 6.45) is 0. The fourth-order valence-corrected chi connectivity index (χ4v) is 3.67. The molecule has 110 valence electrons. The van der Waals surface area contributed by atoms with Gasteiger partial charge in [-0.05, 0) is 23.9 Å². The van der Waals surface area contributed by atoms with Crippen LogP contribution in [0.2, 0.25) is 18.1 Å². The Hall–Kier alpha value is 1.09. The van der Waals surface area contributed by atoms with Gasteiger partial charge < -0.3 is 9.53 Å². The Bertz CT molecular complexity index is 296. The maximum absolute atomic E-state index is 10.1. The van der Waals surface area contributed by atoms with E-state index in [2.05, 4.69) is 70.3 Å². The molecule has 0 atom stereocenters. The zero-order valence-corrected chi connectivity index (χ0v) is 16.9. The van der Waals surface area contributed by atoms with E-state index in [1.165, 1.54) is 0 Å². The number of halogens is 1. The second kappa shape index (κ2) is 7.20. The summed E-state index contributed by atoms with van der Waals surface area (Å²) in [5.41, 5.74) is -0.247. The standard InChI is InChI=1S/C13H29IO2SSi/c1-12(2,3)18(6,7)16-10-13(4,5)11(15)17-9-8-14/h15,17H,8-10H2,1-7H3. The highest BCUT2D eigenvalue weighted by atomic mass is 127. The molecular formula is C13H29IO2SSi. The average molecular weight is 404 g/mol. The lowest BCUT2D eigenvalue weighted by Gasteiger charge is -2.39. The lowest BCUT2D eigenvalue weighted by molar-refractivity contribution is 0.202. The number of rotatable bonds is 6. The van der Waals surface area contributed by atoms with E-state index in [1.807, 2.05) is 0 Å². The fraction of sp³-hybridized carbons (Fsp3) is 0.923. The molecule has 0 bridgehead atoms. The second-order valence-corrected chi connectivity index (χ2v) is 13.9. The van der Waals surface area contributed by atoms with Crippen LogP contribution >= 0.6 is 33.9 Å². The first-order chi connectivity index (χ1) is 7.94. The monoisotopic (exact) mass is 404 g/mol. The van der Waals surface area contributed by atoms with Crippen molar-refractivity contribution in [3.8, 4) is 0 Å². The molecule has 0 saturated heterocycles. The Labute approximate surface area is 131 Å². The number of aliphatic hydroxyl groups is 1. The SMILES string of the molecule is CC(C)(CO[Si](C)(C)C(C)(C)C)C(O)=[SH]CCI. The van der Waals surface area contributed by atoms with Gasteiger partial charge in [0.15, 0.2) is 8.32 Å². The first kappa shape index (κ1) is 19.1. The van der Waals surface area contributed by atoms with Crippen molar-refractivity contribution < 1.29 is 9.53 Å². The van der Waals surface area contributed by atoms with Gasteiger partial charge in [-0.15, -0.1) is 0 Å². The highest BCUT2D eigenvalue weighted by molar-refractivity contribution is 14.1. The number of thiol groups is 1. The number of hydrogen-bond donors (Lipinski definition) is 2. The molecule has 0 aliphatic heterocycles. The van der Waals surface area contributed by atoms with E-state index < -0.39 is 8.32 Å². The van der Waals surface area contributed by atoms with Gasteiger partial charge in [0.05, 0.1) is 5.05 Å². The van der Waals surface area contributed by atoms with Crippen molar-refractivity contribution in [2.45, 2.75) is 52.8 Å². The molecule has 0 aliphatic carbocycles. The molecule has 0 fully saturated rings. The first-order valence-electron chi connectivity index (χ1n) is 6.38. The predicted molar refractivity (Wildman–Crippen MR) is 97.3 cm³/mol. The summed E-state index contributed by atoms with van der Waals surface area (Å²) in [6.45, 7) is 16.0. The van der Waals surface area contributed by atoms with Crippen molar-refractivity contribution in [1.29, 1.82) is 0 Å². The van der Waals surface area contributed by atoms with Crippen molar-refractivity contribution in [3.63, 3.8) is 0 Å². The Morgan fingerprint density at radius 1 is 1.22 bits per heavy atom. The highest BCUT2D eigenvalue weighted by Gasteiger charge is 2.39. The van der Waals surface area contributed by atoms with Gasteiger partial charge in [0, 0.05) is 16.4 Å². The molecule has 0 unspecified atom stereocenters. The van der Waals surface area contributed by atoms with E-state index in [1.54, 1.807) is 0 Å². The summed E-state index contributed by atoms with van der Waals surface area (Å²) in [7, 11) is -1.72. The van der Waals surface area contributed by atoms with Crippen LogP contribution in [0.3, 0.4) is 0 Å². The lowest BCUT2D eigenvalue weighted by atomic mass is 9.97. The summed E-state index contributed by atoms with van der Waals surface area (Å²) in [4.78, 5) is 0. The summed E-state index contributed by atoms with van der Waals surface area (Å²) in [5.74, 6) is 1.01. The summed E-state index contributed by atoms with van der Waals surface area (Å²) in [6, 6.07) is 0. The van der Waals surface area contributed by atoms with Gasteiger partial charge in [-0.25, -0.2) is 0 Å². The van der Waals surface area contributed by atoms with Crippen LogP contribution in [0.5, 0.6) is 0 Å². The van der Waals surface area contributed by atoms with Crippen LogP contribution in [0, 0.1) is 5.41 Å². The Balaban J connectivity index is 4.62. The van der Waals surface area contributed by atoms with Crippen LogP contribution in [0.4, 0.5) is 0 Å². The van der Waals surface area contributed by atoms with Gasteiger partial charge in [0.2, 0.25) is 0 Å². The minimum atomic E-state index is -1.72. The molecule has 0 aliphatic rings. The van der Waals surface area contributed by atoms with Crippen molar-refractivity contribution in [2.24, 2.45) is 5.41 Å². The van der Waals surface area contributed by atoms with E-state index in [0.29, 0.717) is 11.7 Å². The lowest BCUT2D eigenvalue weighted by Crippen LogP contribution is -2.44. The van der Waals surface area contributed by atoms with E-state index in [4.69, 9.17) is 4.43 Å². The van der Waals surface area contributed by atoms with Crippen molar-refractivity contribution in [3.05, 3.63) is 0 Å². The van der Waals surface area contributed by atoms with Crippen molar-refractivity contribution in [1.82, 2.24) is 0 Å². The van der Waals surface area contributed by atoms with Crippen LogP contribution in [0.15, 0.2) is 0 Å². The summed E-state index contributed by atoms with van der Waals surface area (Å²) in [5, 5.41) is 10.9. The van der Waals surface area contributed by atoms with E-state index >= 15 is 0 Å². The quantitative estimate of drug-likeness (QED) is 0.222. The van der Waals surface area contributed by atoms with Gasteiger partial charge >= 0.3 is 0 Å². The first-order valence-corrected chi connectivity index (χ1v) is 11.9. The molecule has 0 amide bonds. The zero-order valence-electron chi connectivity index (χ0n) is 12.8. The molecule has 5 heteroatoms. The van der Waals surface area contributed by atoms with Gasteiger partial charge in [0.25, 0.3) is 0 Å². The van der Waals surface area contributed by atoms with Crippen LogP contribution in [-0.4, -0.2) is 35.3 Å². The Morgan fingerprint density at radius 3 is 2.11 bits per heavy atom. The fourth-order valence-electron chi connectivity index (χ4n) is 1.00. The van der Waals surface area contributed by atoms with Gasteiger partial charge in [-0.1, -0.05) is 57.2 Å². The largest absolute Gasteiger partial charge is 0.416 e. The number of hydrogen-bond acceptors (Lipinski definition) is 1. The van der Waals surface area contributed by atoms with Crippen molar-refractivity contribution in [2.75, 3.05) is 16.8 Å². The zero-order chi connectivity index (χ0) is 14.6. The predicted octanol–water partition coefficient (Wildman–Crippen LogP) is 4.62. The molecule has 0 aromatic carbocycles. The molecule has 0 radical (unpaired) electrons. The Kier molecular flexibility index (Phi) is 7.63. The number of alkyl halides is 1. The van der Waals surface area contributed by atoms with Crippen LogP contribution in [0.1, 0.15) is 34.6 Å². The molecule has 1 N–H and O–H groups in total. The summed E-state index contributed by atoms with van der Waals surface area (Å²) >= 11 is 3.38. The van der Waals surface area contributed by atoms with Gasteiger partial charge in [-0.2, -0.15) is 11.4 Å². The molecule has 0 rings (SSSR count). The molecule has 0 spiro atoms. The smallest absolute Gasteiger partial charge is 0.192 e. The molecule has 2 nitrogen and oxygen atoms in total. The molecular weight excluding hydrogens is 375 g/mol. The highest BCUT2D eigenvalue weighted by Crippen LogP contribution is 2.37. The third kappa shape index (κ3) is 6.03. The third-order valence-electron chi connectivity index (χ3n) is 3.55. The minimum Gasteiger partial charge on any atom is -0.416 e. The molecule has 0 aromatic heterocycles. The van der Waals surface area contributed by atoms with Crippen molar-refractivity contribution >= 4 is 47.3 Å². The summed E-state index contributed by atoms with van der Waals surface area (Å²) < 4.78 is 7.28. The average Bonchev–Trinajstić information content (AvgIpc) is 2.21. The molecule has 0 saturated carbocycles. The molecule has 18 heavy (non-hydrogen) atoms. The topological polar surface area (TPSA) is 29.5 Å². The van der Waals surface area contributed by atoms with Gasteiger partial charge in [-0.3, -0.25) is 0 Å². The second-order valence-electron chi connectivity index (χ2n) is 6.83. The number of aliphatic hydroxyl groups excluding tert-OH is 1. The normalized spacial score (nSPS) is 15.5. The molecule has 0 aromatic rings. The maximum atomic E-state index is 10.1. The molecule has 0 heterocycles. The minimum absolute atomic E-state index is 0.221. The van der Waals surface area contributed by atoms with E-state index in [-0.39, 0.29) is 10.5 Å². The third-order valence-corrected chi connectivity index (χ3v) is 10.8. The van der Waals surface area contributed by atoms with Crippen LogP contribution < -0.4 is 0 Å². The van der Waals surface area contributed by atoms with E-state index in [9.17, 15) is 5.11 Å². The Morgan fingerprint density at radius 2 is 1.72 bits per heavy atom. The van der Waals surface area contributed by atoms with E-state index in [0.717, 1.165) is 21.5 Å². The van der Waals surface area contributed by atoms with Gasteiger partial charge in [0.1, 0.15) is 0 Å². The maximum Gasteiger partial charge on any atom is 0.192 e.